The molecule has 0 aliphatic rings. The maximum absolute atomic E-state index is 13.5. The first-order valence-electron chi connectivity index (χ1n) is 7.75. The SMILES string of the molecule is CCN(Cc1cnc2ccccn12)C(=O)COc1ccccc1F. The molecule has 24 heavy (non-hydrogen) atoms. The topological polar surface area (TPSA) is 46.8 Å². The minimum Gasteiger partial charge on any atom is -0.481 e. The number of carbonyl (C=O) groups excluding carboxylic acids is 1. The van der Waals surface area contributed by atoms with E-state index in [0.717, 1.165) is 11.3 Å². The second-order valence-electron chi connectivity index (χ2n) is 5.31. The molecule has 0 bridgehead atoms. The molecule has 0 aliphatic heterocycles. The van der Waals surface area contributed by atoms with Crippen molar-refractivity contribution in [2.24, 2.45) is 0 Å². The average Bonchev–Trinajstić information content (AvgIpc) is 3.01. The lowest BCUT2D eigenvalue weighted by atomic mass is 10.3. The van der Waals surface area contributed by atoms with Crippen molar-refractivity contribution < 1.29 is 13.9 Å². The second kappa shape index (κ2) is 7.12. The van der Waals surface area contributed by atoms with E-state index >= 15 is 0 Å². The maximum Gasteiger partial charge on any atom is 0.260 e. The molecule has 0 unspecified atom stereocenters. The molecule has 5 nitrogen and oxygen atoms in total. The molecule has 0 spiro atoms. The predicted octanol–water partition coefficient (Wildman–Crippen LogP) is 2.90. The Morgan fingerprint density at radius 1 is 1.25 bits per heavy atom. The predicted molar refractivity (Wildman–Crippen MR) is 88.2 cm³/mol. The van der Waals surface area contributed by atoms with Gasteiger partial charge in [0.25, 0.3) is 5.91 Å². The lowest BCUT2D eigenvalue weighted by molar-refractivity contribution is -0.133. The molecule has 1 aromatic carbocycles. The van der Waals surface area contributed by atoms with Crippen LogP contribution in [0, 0.1) is 5.82 Å². The van der Waals surface area contributed by atoms with Crippen LogP contribution in [-0.2, 0) is 11.3 Å². The van der Waals surface area contributed by atoms with E-state index in [9.17, 15) is 9.18 Å². The zero-order valence-corrected chi connectivity index (χ0v) is 13.4. The number of carbonyl (C=O) groups is 1. The number of aromatic nitrogens is 2. The molecule has 2 heterocycles. The molecule has 2 aromatic heterocycles. The van der Waals surface area contributed by atoms with Crippen LogP contribution >= 0.6 is 0 Å². The summed E-state index contributed by atoms with van der Waals surface area (Å²) in [4.78, 5) is 18.3. The number of para-hydroxylation sites is 1. The second-order valence-corrected chi connectivity index (χ2v) is 5.31. The van der Waals surface area contributed by atoms with Gasteiger partial charge in [-0.1, -0.05) is 18.2 Å². The van der Waals surface area contributed by atoms with Crippen LogP contribution in [-0.4, -0.2) is 33.3 Å². The van der Waals surface area contributed by atoms with E-state index in [1.807, 2.05) is 35.7 Å². The van der Waals surface area contributed by atoms with Gasteiger partial charge in [0.2, 0.25) is 0 Å². The summed E-state index contributed by atoms with van der Waals surface area (Å²) in [6.45, 7) is 2.64. The normalized spacial score (nSPS) is 10.8. The number of rotatable bonds is 6. The highest BCUT2D eigenvalue weighted by atomic mass is 19.1. The number of nitrogens with zero attached hydrogens (tertiary/aromatic N) is 3. The van der Waals surface area contributed by atoms with Gasteiger partial charge in [0.05, 0.1) is 18.4 Å². The van der Waals surface area contributed by atoms with Crippen LogP contribution in [0.3, 0.4) is 0 Å². The molecule has 0 N–H and O–H groups in total. The van der Waals surface area contributed by atoms with Crippen LogP contribution in [0.5, 0.6) is 5.75 Å². The van der Waals surface area contributed by atoms with Crippen molar-refractivity contribution >= 4 is 11.6 Å². The fourth-order valence-corrected chi connectivity index (χ4v) is 2.47. The van der Waals surface area contributed by atoms with Gasteiger partial charge in [0, 0.05) is 12.7 Å². The molecular formula is C18H18FN3O2. The van der Waals surface area contributed by atoms with Gasteiger partial charge < -0.3 is 14.0 Å². The Balaban J connectivity index is 1.67. The average molecular weight is 327 g/mol. The van der Waals surface area contributed by atoms with Gasteiger partial charge in [0.15, 0.2) is 18.2 Å². The number of amides is 1. The molecule has 0 radical (unpaired) electrons. The molecule has 0 saturated carbocycles. The molecule has 6 heteroatoms. The van der Waals surface area contributed by atoms with Crippen molar-refractivity contribution in [1.29, 1.82) is 0 Å². The highest BCUT2D eigenvalue weighted by molar-refractivity contribution is 5.77. The van der Waals surface area contributed by atoms with E-state index in [4.69, 9.17) is 4.74 Å². The maximum atomic E-state index is 13.5. The smallest absolute Gasteiger partial charge is 0.260 e. The van der Waals surface area contributed by atoms with Crippen LogP contribution in [0.15, 0.2) is 54.9 Å². The number of imidazole rings is 1. The van der Waals surface area contributed by atoms with E-state index in [2.05, 4.69) is 4.98 Å². The van der Waals surface area contributed by atoms with Crippen LogP contribution in [0.1, 0.15) is 12.6 Å². The van der Waals surface area contributed by atoms with Crippen LogP contribution in [0.4, 0.5) is 4.39 Å². The first-order valence-corrected chi connectivity index (χ1v) is 7.75. The summed E-state index contributed by atoms with van der Waals surface area (Å²) in [7, 11) is 0. The van der Waals surface area contributed by atoms with Gasteiger partial charge in [-0.2, -0.15) is 0 Å². The number of fused-ring (bicyclic) bond motifs is 1. The summed E-state index contributed by atoms with van der Waals surface area (Å²) in [5.41, 5.74) is 1.74. The van der Waals surface area contributed by atoms with Crippen LogP contribution < -0.4 is 4.74 Å². The summed E-state index contributed by atoms with van der Waals surface area (Å²) in [5, 5.41) is 0. The quantitative estimate of drug-likeness (QED) is 0.699. The van der Waals surface area contributed by atoms with Crippen molar-refractivity contribution in [2.45, 2.75) is 13.5 Å². The Morgan fingerprint density at radius 3 is 2.83 bits per heavy atom. The third-order valence-electron chi connectivity index (χ3n) is 3.77. The zero-order valence-electron chi connectivity index (χ0n) is 13.4. The van der Waals surface area contributed by atoms with E-state index in [-0.39, 0.29) is 18.3 Å². The number of hydrogen-bond donors (Lipinski definition) is 0. The van der Waals surface area contributed by atoms with Gasteiger partial charge in [-0.3, -0.25) is 4.79 Å². The van der Waals surface area contributed by atoms with E-state index in [1.54, 1.807) is 23.2 Å². The largest absolute Gasteiger partial charge is 0.481 e. The summed E-state index contributed by atoms with van der Waals surface area (Å²) >= 11 is 0. The number of halogens is 1. The van der Waals surface area contributed by atoms with Gasteiger partial charge >= 0.3 is 0 Å². The minimum atomic E-state index is -0.477. The Hall–Kier alpha value is -2.89. The third kappa shape index (κ3) is 3.37. The minimum absolute atomic E-state index is 0.0803. The van der Waals surface area contributed by atoms with Crippen molar-refractivity contribution in [1.82, 2.24) is 14.3 Å². The lowest BCUT2D eigenvalue weighted by Crippen LogP contribution is -2.34. The molecule has 124 valence electrons. The van der Waals surface area contributed by atoms with Gasteiger partial charge in [-0.05, 0) is 31.2 Å². The number of pyridine rings is 1. The van der Waals surface area contributed by atoms with Crippen LogP contribution in [0.25, 0.3) is 5.65 Å². The standard InChI is InChI=1S/C18H18FN3O2/c1-2-21(12-14-11-20-17-9-5-6-10-22(14)17)18(23)13-24-16-8-4-3-7-15(16)19/h3-11H,2,12-13H2,1H3. The number of hydrogen-bond acceptors (Lipinski definition) is 3. The number of benzene rings is 1. The molecular weight excluding hydrogens is 309 g/mol. The van der Waals surface area contributed by atoms with Crippen molar-refractivity contribution in [3.63, 3.8) is 0 Å². The van der Waals surface area contributed by atoms with Gasteiger partial charge in [-0.25, -0.2) is 9.37 Å². The molecule has 3 rings (SSSR count). The summed E-state index contributed by atoms with van der Waals surface area (Å²) in [6, 6.07) is 11.8. The monoisotopic (exact) mass is 327 g/mol. The fourth-order valence-electron chi connectivity index (χ4n) is 2.47. The Kier molecular flexibility index (Phi) is 4.74. The fraction of sp³-hybridized carbons (Fsp3) is 0.222. The first-order chi connectivity index (χ1) is 11.7. The molecule has 1 amide bonds. The van der Waals surface area contributed by atoms with Crippen LogP contribution in [0.2, 0.25) is 0 Å². The summed E-state index contributed by atoms with van der Waals surface area (Å²) in [5.74, 6) is -0.599. The van der Waals surface area contributed by atoms with Crippen molar-refractivity contribution in [3.05, 3.63) is 66.4 Å². The molecule has 0 saturated heterocycles. The van der Waals surface area contributed by atoms with Gasteiger partial charge in [0.1, 0.15) is 5.65 Å². The Bertz CT molecular complexity index is 847. The zero-order chi connectivity index (χ0) is 16.9. The first kappa shape index (κ1) is 16.0. The molecule has 0 atom stereocenters. The molecule has 0 aliphatic carbocycles. The van der Waals surface area contributed by atoms with Crippen molar-refractivity contribution in [2.75, 3.05) is 13.2 Å². The number of ether oxygens (including phenoxy) is 1. The van der Waals surface area contributed by atoms with Crippen molar-refractivity contribution in [3.8, 4) is 5.75 Å². The lowest BCUT2D eigenvalue weighted by Gasteiger charge is -2.20. The number of likely N-dealkylation sites (N-methyl/N-ethyl adjacent to an activating group) is 1. The highest BCUT2D eigenvalue weighted by Crippen LogP contribution is 2.15. The Morgan fingerprint density at radius 2 is 2.04 bits per heavy atom. The Labute approximate surface area is 139 Å². The summed E-state index contributed by atoms with van der Waals surface area (Å²) < 4.78 is 20.8. The highest BCUT2D eigenvalue weighted by Gasteiger charge is 2.16. The van der Waals surface area contributed by atoms with Gasteiger partial charge in [-0.15, -0.1) is 0 Å². The third-order valence-corrected chi connectivity index (χ3v) is 3.77. The van der Waals surface area contributed by atoms with E-state index in [1.165, 1.54) is 12.1 Å². The molecule has 3 aromatic rings. The van der Waals surface area contributed by atoms with E-state index in [0.29, 0.717) is 13.1 Å². The van der Waals surface area contributed by atoms with E-state index < -0.39 is 5.82 Å². The molecule has 0 fully saturated rings. The summed E-state index contributed by atoms with van der Waals surface area (Å²) in [6.07, 6.45) is 3.66.